The standard InChI is InChI=1S/C27H27N7O3/c1-34-14-17(10-31-34)19-9-18-20(12-29-19)32-26-25(18)24(23(37-2)13-30-26)15-3-5-16(6-4-15)27(36)33-21-11-28-8-7-22(21)35/h3-6,9-10,12-14,21-22,28,35H,7-8,11H2,1-2H3,(H,30,32)(H,33,36)/t21-,22-/m1/s1. The van der Waals surface area contributed by atoms with E-state index in [0.29, 0.717) is 24.3 Å². The number of fused-ring (bicyclic) bond motifs is 3. The summed E-state index contributed by atoms with van der Waals surface area (Å²) in [5.74, 6) is 0.409. The smallest absolute Gasteiger partial charge is 0.251 e. The second-order valence-corrected chi connectivity index (χ2v) is 9.29. The monoisotopic (exact) mass is 497 g/mol. The molecule has 6 rings (SSSR count). The van der Waals surface area contributed by atoms with Gasteiger partial charge in [0.05, 0.1) is 49.1 Å². The SMILES string of the molecule is COc1cnc2[nH]c3cnc(-c4cnn(C)c4)cc3c2c1-c1ccc(C(=O)N[C@@H]2CNCC[C@H]2O)cc1. The minimum Gasteiger partial charge on any atom is -0.494 e. The van der Waals surface area contributed by atoms with E-state index in [0.717, 1.165) is 50.9 Å². The normalized spacial score (nSPS) is 17.8. The highest BCUT2D eigenvalue weighted by Crippen LogP contribution is 2.40. The number of aromatic nitrogens is 5. The van der Waals surface area contributed by atoms with Gasteiger partial charge in [-0.05, 0) is 36.7 Å². The van der Waals surface area contributed by atoms with Crippen molar-refractivity contribution in [1.29, 1.82) is 0 Å². The Labute approximate surface area is 212 Å². The van der Waals surface area contributed by atoms with Crippen LogP contribution < -0.4 is 15.4 Å². The van der Waals surface area contributed by atoms with Gasteiger partial charge in [0, 0.05) is 47.3 Å². The Morgan fingerprint density at radius 3 is 2.73 bits per heavy atom. The Morgan fingerprint density at radius 2 is 2.00 bits per heavy atom. The van der Waals surface area contributed by atoms with Crippen molar-refractivity contribution in [3.63, 3.8) is 0 Å². The van der Waals surface area contributed by atoms with E-state index in [4.69, 9.17) is 4.74 Å². The Bertz CT molecular complexity index is 1610. The molecule has 4 aromatic heterocycles. The van der Waals surface area contributed by atoms with E-state index in [1.54, 1.807) is 42.5 Å². The molecular formula is C27H27N7O3. The van der Waals surface area contributed by atoms with Gasteiger partial charge in [-0.3, -0.25) is 14.5 Å². The minimum atomic E-state index is -0.549. The number of hydrogen-bond acceptors (Lipinski definition) is 7. The number of aromatic amines is 1. The Kier molecular flexibility index (Phi) is 5.82. The van der Waals surface area contributed by atoms with Crippen molar-refractivity contribution in [3.8, 4) is 28.1 Å². The number of amides is 1. The Morgan fingerprint density at radius 1 is 1.16 bits per heavy atom. The first-order valence-electron chi connectivity index (χ1n) is 12.2. The van der Waals surface area contributed by atoms with Gasteiger partial charge in [-0.25, -0.2) is 4.98 Å². The maximum Gasteiger partial charge on any atom is 0.251 e. The molecule has 2 atom stereocenters. The molecule has 1 amide bonds. The summed E-state index contributed by atoms with van der Waals surface area (Å²) in [6, 6.07) is 9.11. The second kappa shape index (κ2) is 9.30. The quantitative estimate of drug-likeness (QED) is 0.294. The summed E-state index contributed by atoms with van der Waals surface area (Å²) >= 11 is 0. The van der Waals surface area contributed by atoms with Crippen molar-refractivity contribution < 1.29 is 14.6 Å². The van der Waals surface area contributed by atoms with E-state index in [1.807, 2.05) is 31.4 Å². The van der Waals surface area contributed by atoms with Gasteiger partial charge < -0.3 is 25.5 Å². The van der Waals surface area contributed by atoms with Crippen LogP contribution in [0.2, 0.25) is 0 Å². The number of aliphatic hydroxyl groups is 1. The second-order valence-electron chi connectivity index (χ2n) is 9.29. The van der Waals surface area contributed by atoms with E-state index in [1.165, 1.54) is 0 Å². The fourth-order valence-corrected chi connectivity index (χ4v) is 4.92. The van der Waals surface area contributed by atoms with Crippen LogP contribution >= 0.6 is 0 Å². The van der Waals surface area contributed by atoms with Crippen LogP contribution in [0.3, 0.4) is 0 Å². The number of nitrogens with zero attached hydrogens (tertiary/aromatic N) is 4. The van der Waals surface area contributed by atoms with E-state index in [2.05, 4.69) is 30.7 Å². The minimum absolute atomic E-state index is 0.217. The molecule has 5 heterocycles. The summed E-state index contributed by atoms with van der Waals surface area (Å²) in [7, 11) is 3.49. The molecule has 1 aliphatic rings. The predicted octanol–water partition coefficient (Wildman–Crippen LogP) is 2.64. The molecule has 0 saturated carbocycles. The number of carbonyl (C=O) groups excluding carboxylic acids is 1. The van der Waals surface area contributed by atoms with E-state index in [-0.39, 0.29) is 11.9 Å². The number of benzene rings is 1. The molecule has 37 heavy (non-hydrogen) atoms. The van der Waals surface area contributed by atoms with Crippen molar-refractivity contribution in [3.05, 3.63) is 60.7 Å². The number of carbonyl (C=O) groups is 1. The maximum atomic E-state index is 12.8. The summed E-state index contributed by atoms with van der Waals surface area (Å²) in [4.78, 5) is 25.4. The number of pyridine rings is 2. The van der Waals surface area contributed by atoms with Crippen LogP contribution in [0.5, 0.6) is 5.75 Å². The summed E-state index contributed by atoms with van der Waals surface area (Å²) < 4.78 is 7.46. The fourth-order valence-electron chi connectivity index (χ4n) is 4.92. The first-order valence-corrected chi connectivity index (χ1v) is 12.2. The molecule has 0 spiro atoms. The molecule has 5 aromatic rings. The van der Waals surface area contributed by atoms with Gasteiger partial charge in [0.25, 0.3) is 5.91 Å². The molecule has 10 nitrogen and oxygen atoms in total. The van der Waals surface area contributed by atoms with Crippen LogP contribution in [-0.2, 0) is 7.05 Å². The number of nitrogens with one attached hydrogen (secondary N) is 3. The van der Waals surface area contributed by atoms with Gasteiger partial charge in [-0.1, -0.05) is 12.1 Å². The molecule has 1 saturated heterocycles. The lowest BCUT2D eigenvalue weighted by Gasteiger charge is -2.29. The summed E-state index contributed by atoms with van der Waals surface area (Å²) in [6.45, 7) is 1.30. The highest BCUT2D eigenvalue weighted by Gasteiger charge is 2.25. The first kappa shape index (κ1) is 23.1. The van der Waals surface area contributed by atoms with Crippen LogP contribution in [0.4, 0.5) is 0 Å². The Hall–Kier alpha value is -4.28. The lowest BCUT2D eigenvalue weighted by atomic mass is 9.98. The van der Waals surface area contributed by atoms with Gasteiger partial charge >= 0.3 is 0 Å². The molecule has 0 unspecified atom stereocenters. The van der Waals surface area contributed by atoms with Gasteiger partial charge in [0.1, 0.15) is 11.4 Å². The highest BCUT2D eigenvalue weighted by atomic mass is 16.5. The number of methoxy groups -OCH3 is 1. The van der Waals surface area contributed by atoms with Gasteiger partial charge in [-0.2, -0.15) is 5.10 Å². The van der Waals surface area contributed by atoms with Crippen molar-refractivity contribution in [2.24, 2.45) is 7.05 Å². The molecule has 0 radical (unpaired) electrons. The van der Waals surface area contributed by atoms with E-state index in [9.17, 15) is 9.90 Å². The average molecular weight is 498 g/mol. The topological polar surface area (TPSA) is 130 Å². The van der Waals surface area contributed by atoms with Crippen LogP contribution in [0.15, 0.2) is 55.1 Å². The van der Waals surface area contributed by atoms with Gasteiger partial charge in [0.15, 0.2) is 0 Å². The predicted molar refractivity (Wildman–Crippen MR) is 140 cm³/mol. The summed E-state index contributed by atoms with van der Waals surface area (Å²) in [5.41, 5.74) is 5.60. The van der Waals surface area contributed by atoms with Crippen LogP contribution in [0, 0.1) is 0 Å². The summed E-state index contributed by atoms with van der Waals surface area (Å²) in [6.07, 6.45) is 7.28. The van der Waals surface area contributed by atoms with Crippen molar-refractivity contribution >= 4 is 27.8 Å². The molecule has 1 aromatic carbocycles. The first-order chi connectivity index (χ1) is 18.0. The van der Waals surface area contributed by atoms with Crippen LogP contribution in [-0.4, -0.2) is 68.1 Å². The molecule has 4 N–H and O–H groups in total. The van der Waals surface area contributed by atoms with Gasteiger partial charge in [-0.15, -0.1) is 0 Å². The number of aryl methyl sites for hydroxylation is 1. The third kappa shape index (κ3) is 4.20. The van der Waals surface area contributed by atoms with Gasteiger partial charge in [0.2, 0.25) is 0 Å². The van der Waals surface area contributed by atoms with Crippen molar-refractivity contribution in [2.75, 3.05) is 20.2 Å². The van der Waals surface area contributed by atoms with Crippen LogP contribution in [0.1, 0.15) is 16.8 Å². The number of rotatable bonds is 5. The zero-order valence-corrected chi connectivity index (χ0v) is 20.5. The van der Waals surface area contributed by atoms with Crippen molar-refractivity contribution in [2.45, 2.75) is 18.6 Å². The number of H-pyrrole nitrogens is 1. The van der Waals surface area contributed by atoms with E-state index < -0.39 is 6.10 Å². The lowest BCUT2D eigenvalue weighted by molar-refractivity contribution is 0.0755. The third-order valence-corrected chi connectivity index (χ3v) is 6.89. The molecule has 188 valence electrons. The summed E-state index contributed by atoms with van der Waals surface area (Å²) in [5, 5.41) is 22.5. The highest BCUT2D eigenvalue weighted by molar-refractivity contribution is 6.14. The lowest BCUT2D eigenvalue weighted by Crippen LogP contribution is -2.53. The zero-order valence-electron chi connectivity index (χ0n) is 20.5. The van der Waals surface area contributed by atoms with Crippen LogP contribution in [0.25, 0.3) is 44.3 Å². The molecule has 1 aliphatic heterocycles. The number of ether oxygens (including phenoxy) is 1. The zero-order chi connectivity index (χ0) is 25.5. The largest absolute Gasteiger partial charge is 0.494 e. The third-order valence-electron chi connectivity index (χ3n) is 6.89. The number of aliphatic hydroxyl groups excluding tert-OH is 1. The molecule has 10 heteroatoms. The van der Waals surface area contributed by atoms with E-state index >= 15 is 0 Å². The number of piperidine rings is 1. The van der Waals surface area contributed by atoms with Crippen molar-refractivity contribution in [1.82, 2.24) is 35.4 Å². The number of hydrogen-bond donors (Lipinski definition) is 4. The maximum absolute atomic E-state index is 12.8. The molecule has 0 aliphatic carbocycles. The average Bonchev–Trinajstić information content (AvgIpc) is 3.52. The Balaban J connectivity index is 1.41. The fraction of sp³-hybridized carbons (Fsp3) is 0.259. The molecule has 0 bridgehead atoms. The molecule has 1 fully saturated rings. The molecular weight excluding hydrogens is 470 g/mol.